The molecule has 208 valence electrons. The molecular weight excluding hydrogens is 429 g/mol. The van der Waals surface area contributed by atoms with Crippen LogP contribution in [-0.4, -0.2) is 6.18 Å². The molecule has 0 bridgehead atoms. The van der Waals surface area contributed by atoms with Gasteiger partial charge in [0, 0.05) is 0 Å². The fourth-order valence-corrected chi connectivity index (χ4v) is 3.21. The highest BCUT2D eigenvalue weighted by atomic mass is 19.4. The molecule has 3 heteroatoms. The van der Waals surface area contributed by atoms with E-state index in [0.29, 0.717) is 27.1 Å². The van der Waals surface area contributed by atoms with Crippen LogP contribution >= 0.6 is 0 Å². The standard InChI is InChI=1S/C8H15F3.2C8H16.C7H16/c1-5-6(7(2,3)4)8(9,10)11;2*1-7(2,3)8(4)5-6-8;1-6(2)7(3,4)5/h6H,5H2,1-4H3;2*5-6H2,1-4H3;6H,1-5H3. The fourth-order valence-electron chi connectivity index (χ4n) is 3.21. The fraction of sp³-hybridized carbons (Fsp3) is 1.00. The summed E-state index contributed by atoms with van der Waals surface area (Å²) in [6, 6.07) is 0. The van der Waals surface area contributed by atoms with Gasteiger partial charge in [0.2, 0.25) is 0 Å². The second-order valence-corrected chi connectivity index (χ2v) is 16.0. The second kappa shape index (κ2) is 11.9. The van der Waals surface area contributed by atoms with Crippen molar-refractivity contribution in [1.82, 2.24) is 0 Å². The molecule has 0 aliphatic heterocycles. The minimum absolute atomic E-state index is 0.160. The highest BCUT2D eigenvalue weighted by Crippen LogP contribution is 2.58. The van der Waals surface area contributed by atoms with Crippen molar-refractivity contribution >= 4 is 0 Å². The van der Waals surface area contributed by atoms with Crippen molar-refractivity contribution in [2.45, 2.75) is 156 Å². The van der Waals surface area contributed by atoms with Gasteiger partial charge in [0.25, 0.3) is 0 Å². The number of hydrogen-bond acceptors (Lipinski definition) is 0. The molecule has 0 aromatic rings. The smallest absolute Gasteiger partial charge is 0.171 e. The molecule has 0 heterocycles. The lowest BCUT2D eigenvalue weighted by Gasteiger charge is -2.31. The first-order valence-electron chi connectivity index (χ1n) is 13.6. The van der Waals surface area contributed by atoms with E-state index in [1.165, 1.54) is 25.7 Å². The number of rotatable bonds is 1. The third-order valence-electron chi connectivity index (χ3n) is 9.20. The zero-order chi connectivity index (χ0) is 28.2. The van der Waals surface area contributed by atoms with Gasteiger partial charge >= 0.3 is 6.18 Å². The summed E-state index contributed by atoms with van der Waals surface area (Å²) in [5.74, 6) is -0.387. The van der Waals surface area contributed by atoms with Crippen LogP contribution in [0.25, 0.3) is 0 Å². The van der Waals surface area contributed by atoms with Crippen LogP contribution in [0.5, 0.6) is 0 Å². The molecule has 0 spiro atoms. The van der Waals surface area contributed by atoms with Crippen molar-refractivity contribution in [3.05, 3.63) is 0 Å². The minimum Gasteiger partial charge on any atom is -0.171 e. The summed E-state index contributed by atoms with van der Waals surface area (Å²) in [6.07, 6.45) is 1.88. The van der Waals surface area contributed by atoms with Gasteiger partial charge in [-0.05, 0) is 70.5 Å². The van der Waals surface area contributed by atoms with Crippen molar-refractivity contribution in [3.8, 4) is 0 Å². The largest absolute Gasteiger partial charge is 0.392 e. The van der Waals surface area contributed by atoms with Crippen LogP contribution in [0.3, 0.4) is 0 Å². The van der Waals surface area contributed by atoms with Crippen molar-refractivity contribution < 1.29 is 13.2 Å². The van der Waals surface area contributed by atoms with Gasteiger partial charge in [-0.2, -0.15) is 13.2 Å². The molecule has 0 aromatic heterocycles. The Morgan fingerprint density at radius 1 is 0.588 bits per heavy atom. The summed E-state index contributed by atoms with van der Waals surface area (Å²) < 4.78 is 36.6. The maximum absolute atomic E-state index is 12.2. The van der Waals surface area contributed by atoms with Crippen LogP contribution in [0.4, 0.5) is 13.2 Å². The van der Waals surface area contributed by atoms with E-state index in [0.717, 1.165) is 5.92 Å². The number of halogens is 3. The SMILES string of the molecule is CC(C)(C)C1(C)CC1.CC(C)(C)C1(C)CC1.CC(C)C(C)(C)C.CCC(C(C)(C)C)C(F)(F)F. The highest BCUT2D eigenvalue weighted by Gasteiger charge is 2.48. The first kappa shape index (κ1) is 35.9. The normalized spacial score (nSPS) is 20.0. The van der Waals surface area contributed by atoms with E-state index in [2.05, 4.69) is 90.0 Å². The van der Waals surface area contributed by atoms with Gasteiger partial charge < -0.3 is 0 Å². The minimum atomic E-state index is -4.05. The molecule has 2 saturated carbocycles. The monoisotopic (exact) mass is 492 g/mol. The third-order valence-corrected chi connectivity index (χ3v) is 9.20. The first-order valence-corrected chi connectivity index (χ1v) is 13.6. The molecule has 2 rings (SSSR count). The average molecular weight is 493 g/mol. The molecule has 0 radical (unpaired) electrons. The lowest BCUT2D eigenvalue weighted by atomic mass is 9.79. The zero-order valence-corrected chi connectivity index (χ0v) is 26.3. The molecule has 0 aromatic carbocycles. The molecule has 34 heavy (non-hydrogen) atoms. The van der Waals surface area contributed by atoms with Gasteiger partial charge in [0.1, 0.15) is 0 Å². The molecule has 0 nitrogen and oxygen atoms in total. The molecule has 0 N–H and O–H groups in total. The molecule has 2 aliphatic carbocycles. The van der Waals surface area contributed by atoms with E-state index in [1.54, 1.807) is 27.7 Å². The average Bonchev–Trinajstić information content (AvgIpc) is 3.43. The third kappa shape index (κ3) is 13.2. The van der Waals surface area contributed by atoms with Crippen LogP contribution in [0.2, 0.25) is 0 Å². The van der Waals surface area contributed by atoms with E-state index in [4.69, 9.17) is 0 Å². The van der Waals surface area contributed by atoms with Crippen LogP contribution < -0.4 is 0 Å². The van der Waals surface area contributed by atoms with Crippen LogP contribution in [0.15, 0.2) is 0 Å². The van der Waals surface area contributed by atoms with Crippen molar-refractivity contribution in [3.63, 3.8) is 0 Å². The maximum atomic E-state index is 12.2. The summed E-state index contributed by atoms with van der Waals surface area (Å²) >= 11 is 0. The zero-order valence-electron chi connectivity index (χ0n) is 26.3. The van der Waals surface area contributed by atoms with Crippen molar-refractivity contribution in [2.24, 2.45) is 44.3 Å². The summed E-state index contributed by atoms with van der Waals surface area (Å²) in [6.45, 7) is 36.5. The molecule has 2 aliphatic rings. The van der Waals surface area contributed by atoms with Gasteiger partial charge in [0.05, 0.1) is 5.92 Å². The predicted octanol–water partition coefficient (Wildman–Crippen LogP) is 12.0. The van der Waals surface area contributed by atoms with Crippen molar-refractivity contribution in [2.75, 3.05) is 0 Å². The Kier molecular flexibility index (Phi) is 12.6. The van der Waals surface area contributed by atoms with E-state index >= 15 is 0 Å². The van der Waals surface area contributed by atoms with Crippen LogP contribution in [0.1, 0.15) is 150 Å². The quantitative estimate of drug-likeness (QED) is 0.341. The second-order valence-electron chi connectivity index (χ2n) is 16.0. The van der Waals surface area contributed by atoms with Crippen LogP contribution in [0, 0.1) is 44.3 Å². The Morgan fingerprint density at radius 3 is 0.824 bits per heavy atom. The highest BCUT2D eigenvalue weighted by molar-refractivity contribution is 4.98. The summed E-state index contributed by atoms with van der Waals surface area (Å²) in [7, 11) is 0. The van der Waals surface area contributed by atoms with Crippen molar-refractivity contribution in [1.29, 1.82) is 0 Å². The molecule has 1 atom stereocenters. The van der Waals surface area contributed by atoms with E-state index in [9.17, 15) is 13.2 Å². The first-order chi connectivity index (χ1) is 14.6. The maximum Gasteiger partial charge on any atom is 0.392 e. The number of hydrogen-bond donors (Lipinski definition) is 0. The van der Waals surface area contributed by atoms with Gasteiger partial charge in [0.15, 0.2) is 0 Å². The van der Waals surface area contributed by atoms with Gasteiger partial charge in [-0.15, -0.1) is 0 Å². The van der Waals surface area contributed by atoms with E-state index in [1.807, 2.05) is 0 Å². The van der Waals surface area contributed by atoms with Gasteiger partial charge in [-0.1, -0.05) is 118 Å². The van der Waals surface area contributed by atoms with Crippen LogP contribution in [-0.2, 0) is 0 Å². The molecular formula is C31H63F3. The topological polar surface area (TPSA) is 0 Å². The molecule has 0 amide bonds. The van der Waals surface area contributed by atoms with E-state index < -0.39 is 17.5 Å². The summed E-state index contributed by atoms with van der Waals surface area (Å²) in [5.41, 5.74) is 2.30. The lowest BCUT2D eigenvalue weighted by molar-refractivity contribution is -0.200. The Labute approximate surface area is 213 Å². The Morgan fingerprint density at radius 2 is 0.824 bits per heavy atom. The summed E-state index contributed by atoms with van der Waals surface area (Å²) in [4.78, 5) is 0. The lowest BCUT2D eigenvalue weighted by Crippen LogP contribution is -2.33. The predicted molar refractivity (Wildman–Crippen MR) is 147 cm³/mol. The Balaban J connectivity index is 0. The van der Waals surface area contributed by atoms with Gasteiger partial charge in [-0.25, -0.2) is 0 Å². The molecule has 2 fully saturated rings. The molecule has 0 saturated heterocycles. The number of alkyl halides is 3. The Hall–Kier alpha value is -0.210. The molecule has 1 unspecified atom stereocenters. The Bertz CT molecular complexity index is 512. The van der Waals surface area contributed by atoms with E-state index in [-0.39, 0.29) is 6.42 Å². The summed E-state index contributed by atoms with van der Waals surface area (Å²) in [5, 5.41) is 0. The van der Waals surface area contributed by atoms with Gasteiger partial charge in [-0.3, -0.25) is 0 Å².